The minimum atomic E-state index is -0.516. The van der Waals surface area contributed by atoms with E-state index in [-0.39, 0.29) is 11.7 Å². The molecule has 0 saturated carbocycles. The molecule has 0 saturated heterocycles. The van der Waals surface area contributed by atoms with Gasteiger partial charge in [-0.05, 0) is 38.3 Å². The summed E-state index contributed by atoms with van der Waals surface area (Å²) < 4.78 is 19.1. The maximum absolute atomic E-state index is 13.9. The van der Waals surface area contributed by atoms with E-state index in [9.17, 15) is 9.18 Å². The molecule has 1 amide bonds. The molecule has 2 N–H and O–H groups in total. The van der Waals surface area contributed by atoms with Crippen molar-refractivity contribution < 1.29 is 18.8 Å². The first-order valence-corrected chi connectivity index (χ1v) is 8.18. The van der Waals surface area contributed by atoms with Crippen LogP contribution < -0.4 is 10.1 Å². The molecule has 1 aromatic carbocycles. The Labute approximate surface area is 145 Å². The van der Waals surface area contributed by atoms with E-state index in [0.717, 1.165) is 36.2 Å². The fourth-order valence-electron chi connectivity index (χ4n) is 2.98. The number of carbonyl (C=O) groups is 1. The first kappa shape index (κ1) is 17.0. The summed E-state index contributed by atoms with van der Waals surface area (Å²) in [7, 11) is 1.48. The first-order valence-electron chi connectivity index (χ1n) is 8.18. The van der Waals surface area contributed by atoms with Crippen molar-refractivity contribution in [1.82, 2.24) is 4.98 Å². The van der Waals surface area contributed by atoms with Crippen LogP contribution in [0.25, 0.3) is 0 Å². The van der Waals surface area contributed by atoms with Crippen molar-refractivity contribution in [3.8, 4) is 5.75 Å². The second kappa shape index (κ2) is 7.38. The van der Waals surface area contributed by atoms with Crippen LogP contribution in [-0.2, 0) is 11.3 Å². The quantitative estimate of drug-likeness (QED) is 0.815. The predicted molar refractivity (Wildman–Crippen MR) is 92.8 cm³/mol. The Morgan fingerprint density at radius 1 is 1.40 bits per heavy atom. The monoisotopic (exact) mass is 345 g/mol. The number of nitrogens with one attached hydrogen (secondary N) is 2. The zero-order valence-corrected chi connectivity index (χ0v) is 14.2. The molecule has 2 aromatic rings. The van der Waals surface area contributed by atoms with Gasteiger partial charge in [0.25, 0.3) is 5.91 Å². The van der Waals surface area contributed by atoms with E-state index in [1.165, 1.54) is 19.2 Å². The minimum absolute atomic E-state index is 0.161. The number of carbonyl (C=O) groups excluding carboxylic acids is 1. The number of benzene rings is 1. The highest BCUT2D eigenvalue weighted by Gasteiger charge is 2.25. The van der Waals surface area contributed by atoms with Crippen LogP contribution in [0.1, 0.15) is 41.4 Å². The van der Waals surface area contributed by atoms with Gasteiger partial charge in [0.1, 0.15) is 7.11 Å². The number of anilines is 1. The topological polar surface area (TPSA) is 75.7 Å². The number of fused-ring (bicyclic) bond motifs is 1. The SMILES string of the molecule is CCOc1ccc(NC(=O)c2c[nH]c3c2C(=NOC)CCC3)cc1F. The summed E-state index contributed by atoms with van der Waals surface area (Å²) >= 11 is 0. The number of nitrogens with zero attached hydrogens (tertiary/aromatic N) is 1. The van der Waals surface area contributed by atoms with E-state index in [4.69, 9.17) is 9.57 Å². The van der Waals surface area contributed by atoms with Crippen molar-refractivity contribution in [3.63, 3.8) is 0 Å². The second-order valence-corrected chi connectivity index (χ2v) is 5.66. The van der Waals surface area contributed by atoms with E-state index in [2.05, 4.69) is 15.5 Å². The van der Waals surface area contributed by atoms with Gasteiger partial charge in [0.15, 0.2) is 11.6 Å². The number of halogens is 1. The van der Waals surface area contributed by atoms with Gasteiger partial charge in [-0.3, -0.25) is 4.79 Å². The van der Waals surface area contributed by atoms with Gasteiger partial charge >= 0.3 is 0 Å². The van der Waals surface area contributed by atoms with Gasteiger partial charge in [-0.2, -0.15) is 0 Å². The van der Waals surface area contributed by atoms with Crippen molar-refractivity contribution >= 4 is 17.3 Å². The van der Waals surface area contributed by atoms with Gasteiger partial charge < -0.3 is 19.9 Å². The predicted octanol–water partition coefficient (Wildman–Crippen LogP) is 3.49. The normalized spacial score (nSPS) is 14.9. The summed E-state index contributed by atoms with van der Waals surface area (Å²) in [6, 6.07) is 4.35. The number of hydrogen-bond acceptors (Lipinski definition) is 4. The summed E-state index contributed by atoms with van der Waals surface area (Å²) in [5.41, 5.74) is 3.32. The molecular weight excluding hydrogens is 325 g/mol. The number of rotatable bonds is 5. The van der Waals surface area contributed by atoms with Gasteiger partial charge in [-0.15, -0.1) is 0 Å². The van der Waals surface area contributed by atoms with E-state index >= 15 is 0 Å². The van der Waals surface area contributed by atoms with Crippen LogP contribution in [0.15, 0.2) is 29.6 Å². The summed E-state index contributed by atoms with van der Waals surface area (Å²) in [6.07, 6.45) is 4.20. The van der Waals surface area contributed by atoms with Crippen molar-refractivity contribution in [2.45, 2.75) is 26.2 Å². The number of H-pyrrole nitrogens is 1. The molecule has 25 heavy (non-hydrogen) atoms. The number of aryl methyl sites for hydroxylation is 1. The lowest BCUT2D eigenvalue weighted by molar-refractivity contribution is 0.102. The molecule has 0 radical (unpaired) electrons. The standard InChI is InChI=1S/C18H20FN3O3/c1-3-25-16-8-7-11(9-13(16)19)21-18(23)12-10-20-14-5-4-6-15(17(12)14)22-24-2/h7-10,20H,3-6H2,1-2H3,(H,21,23). The molecule has 1 heterocycles. The molecule has 0 spiro atoms. The average Bonchev–Trinajstić information content (AvgIpc) is 3.03. The van der Waals surface area contributed by atoms with Crippen LogP contribution >= 0.6 is 0 Å². The Morgan fingerprint density at radius 2 is 2.24 bits per heavy atom. The number of amides is 1. The van der Waals surface area contributed by atoms with Crippen LogP contribution in [0, 0.1) is 5.82 Å². The smallest absolute Gasteiger partial charge is 0.257 e. The number of hydrogen-bond donors (Lipinski definition) is 2. The largest absolute Gasteiger partial charge is 0.491 e. The Kier molecular flexibility index (Phi) is 5.02. The fourth-order valence-corrected chi connectivity index (χ4v) is 2.98. The van der Waals surface area contributed by atoms with Crippen LogP contribution in [0.5, 0.6) is 5.75 Å². The van der Waals surface area contributed by atoms with E-state index < -0.39 is 5.82 Å². The lowest BCUT2D eigenvalue weighted by Gasteiger charge is -2.15. The van der Waals surface area contributed by atoms with Gasteiger partial charge in [0.05, 0.1) is 17.9 Å². The molecule has 0 unspecified atom stereocenters. The van der Waals surface area contributed by atoms with Crippen molar-refractivity contribution in [1.29, 1.82) is 0 Å². The molecule has 7 heteroatoms. The number of oxime groups is 1. The third kappa shape index (κ3) is 3.50. The highest BCUT2D eigenvalue weighted by atomic mass is 19.1. The molecule has 3 rings (SSSR count). The molecule has 1 aliphatic carbocycles. The molecular formula is C18H20FN3O3. The lowest BCUT2D eigenvalue weighted by atomic mass is 9.93. The maximum atomic E-state index is 13.9. The maximum Gasteiger partial charge on any atom is 0.257 e. The Bertz CT molecular complexity index is 814. The summed E-state index contributed by atoms with van der Waals surface area (Å²) in [6.45, 7) is 2.16. The Hall–Kier alpha value is -2.83. The van der Waals surface area contributed by atoms with Gasteiger partial charge in [-0.1, -0.05) is 5.16 Å². The van der Waals surface area contributed by atoms with Gasteiger partial charge in [-0.25, -0.2) is 4.39 Å². The second-order valence-electron chi connectivity index (χ2n) is 5.66. The number of aromatic nitrogens is 1. The Morgan fingerprint density at radius 3 is 2.96 bits per heavy atom. The molecule has 0 bridgehead atoms. The Balaban J connectivity index is 1.84. The first-order chi connectivity index (χ1) is 12.1. The number of aromatic amines is 1. The average molecular weight is 345 g/mol. The van der Waals surface area contributed by atoms with Crippen molar-refractivity contribution in [2.75, 3.05) is 19.0 Å². The van der Waals surface area contributed by atoms with E-state index in [1.54, 1.807) is 19.2 Å². The number of ether oxygens (including phenoxy) is 1. The van der Waals surface area contributed by atoms with Crippen LogP contribution in [-0.4, -0.2) is 30.3 Å². The minimum Gasteiger partial charge on any atom is -0.491 e. The van der Waals surface area contributed by atoms with E-state index in [0.29, 0.717) is 17.9 Å². The molecule has 1 aromatic heterocycles. The van der Waals surface area contributed by atoms with Crippen LogP contribution in [0.4, 0.5) is 10.1 Å². The highest BCUT2D eigenvalue weighted by molar-refractivity contribution is 6.15. The third-order valence-electron chi connectivity index (χ3n) is 4.03. The molecule has 0 atom stereocenters. The van der Waals surface area contributed by atoms with Crippen LogP contribution in [0.2, 0.25) is 0 Å². The zero-order chi connectivity index (χ0) is 17.8. The van der Waals surface area contributed by atoms with Gasteiger partial charge in [0.2, 0.25) is 0 Å². The highest BCUT2D eigenvalue weighted by Crippen LogP contribution is 2.26. The molecule has 1 aliphatic rings. The fraction of sp³-hybridized carbons (Fsp3) is 0.333. The van der Waals surface area contributed by atoms with E-state index in [1.807, 2.05) is 0 Å². The van der Waals surface area contributed by atoms with Crippen molar-refractivity contribution in [2.24, 2.45) is 5.16 Å². The van der Waals surface area contributed by atoms with Gasteiger partial charge in [0, 0.05) is 29.2 Å². The third-order valence-corrected chi connectivity index (χ3v) is 4.03. The summed E-state index contributed by atoms with van der Waals surface area (Å²) in [4.78, 5) is 20.7. The zero-order valence-electron chi connectivity index (χ0n) is 14.2. The molecule has 0 fully saturated rings. The molecule has 132 valence electrons. The summed E-state index contributed by atoms with van der Waals surface area (Å²) in [5.74, 6) is -0.682. The van der Waals surface area contributed by atoms with Crippen molar-refractivity contribution in [3.05, 3.63) is 47.0 Å². The summed E-state index contributed by atoms with van der Waals surface area (Å²) in [5, 5.41) is 6.75. The van der Waals surface area contributed by atoms with Crippen LogP contribution in [0.3, 0.4) is 0 Å². The lowest BCUT2D eigenvalue weighted by Crippen LogP contribution is -2.18. The molecule has 0 aliphatic heterocycles. The molecule has 6 nitrogen and oxygen atoms in total.